The molecule has 102 valence electrons. The van der Waals surface area contributed by atoms with Crippen molar-refractivity contribution in [3.05, 3.63) is 52.3 Å². The van der Waals surface area contributed by atoms with Crippen molar-refractivity contribution < 1.29 is 22.0 Å². The predicted molar refractivity (Wildman–Crippen MR) is 66.5 cm³/mol. The highest BCUT2D eigenvalue weighted by Crippen LogP contribution is 2.32. The third-order valence-electron chi connectivity index (χ3n) is 3.11. The largest absolute Gasteiger partial charge is 0.208 e. The molecule has 0 heterocycles. The normalized spacial score (nSPS) is 10.9. The molecule has 0 atom stereocenters. The number of hydrogen-bond acceptors (Lipinski definition) is 0. The van der Waals surface area contributed by atoms with E-state index in [-0.39, 0.29) is 11.1 Å². The van der Waals surface area contributed by atoms with Crippen molar-refractivity contribution in [2.24, 2.45) is 0 Å². The fourth-order valence-corrected chi connectivity index (χ4v) is 1.96. The minimum atomic E-state index is -1.49. The Kier molecular flexibility index (Phi) is 3.58. The third kappa shape index (κ3) is 2.09. The van der Waals surface area contributed by atoms with Gasteiger partial charge in [0.25, 0.3) is 0 Å². The van der Waals surface area contributed by atoms with Crippen molar-refractivity contribution in [1.82, 2.24) is 0 Å². The molecule has 0 saturated carbocycles. The van der Waals surface area contributed by atoms with Crippen molar-refractivity contribution >= 4 is 13.3 Å². The van der Waals surface area contributed by atoms with Gasteiger partial charge in [-0.05, 0) is 48.1 Å². The maximum absolute atomic E-state index is 13.9. The van der Waals surface area contributed by atoms with Crippen LogP contribution in [0.4, 0.5) is 22.0 Å². The lowest BCUT2D eigenvalue weighted by Crippen LogP contribution is -2.16. The van der Waals surface area contributed by atoms with E-state index in [9.17, 15) is 22.0 Å². The molecule has 6 heteroatoms. The minimum absolute atomic E-state index is 0.238. The lowest BCUT2D eigenvalue weighted by atomic mass is 9.88. The third-order valence-corrected chi connectivity index (χ3v) is 3.11. The van der Waals surface area contributed by atoms with E-state index in [0.717, 1.165) is 6.07 Å². The van der Waals surface area contributed by atoms with Gasteiger partial charge in [-0.15, -0.1) is 0 Å². The molecule has 0 aromatic heterocycles. The van der Waals surface area contributed by atoms with E-state index in [1.165, 1.54) is 13.8 Å². The summed E-state index contributed by atoms with van der Waals surface area (Å²) in [4.78, 5) is 0. The number of benzene rings is 2. The Morgan fingerprint density at radius 3 is 2.00 bits per heavy atom. The van der Waals surface area contributed by atoms with Gasteiger partial charge in [0.15, 0.2) is 11.6 Å². The summed E-state index contributed by atoms with van der Waals surface area (Å²) in [6.07, 6.45) is 0. The van der Waals surface area contributed by atoms with Crippen LogP contribution in [0.15, 0.2) is 12.1 Å². The Morgan fingerprint density at radius 2 is 1.40 bits per heavy atom. The average molecular weight is 282 g/mol. The summed E-state index contributed by atoms with van der Waals surface area (Å²) in [6.45, 7) is 2.36. The second-order valence-electron chi connectivity index (χ2n) is 4.44. The van der Waals surface area contributed by atoms with Gasteiger partial charge in [0.05, 0.1) is 5.56 Å². The van der Waals surface area contributed by atoms with Crippen molar-refractivity contribution in [3.63, 3.8) is 0 Å². The van der Waals surface area contributed by atoms with Gasteiger partial charge in [-0.1, -0.05) is 0 Å². The van der Waals surface area contributed by atoms with E-state index in [1.807, 2.05) is 0 Å². The van der Waals surface area contributed by atoms with Gasteiger partial charge in [-0.2, -0.15) is 0 Å². The van der Waals surface area contributed by atoms with Crippen molar-refractivity contribution in [2.75, 3.05) is 0 Å². The summed E-state index contributed by atoms with van der Waals surface area (Å²) in [5.41, 5.74) is -2.48. The lowest BCUT2D eigenvalue weighted by molar-refractivity contribution is 0.492. The quantitative estimate of drug-likeness (QED) is 0.427. The van der Waals surface area contributed by atoms with Gasteiger partial charge in [0.1, 0.15) is 25.3 Å². The summed E-state index contributed by atoms with van der Waals surface area (Å²) in [7, 11) is 5.15. The Morgan fingerprint density at radius 1 is 0.800 bits per heavy atom. The number of halogens is 5. The Bertz CT molecular complexity index is 710. The molecule has 0 aliphatic carbocycles. The van der Waals surface area contributed by atoms with Gasteiger partial charge in [0.2, 0.25) is 0 Å². The standard InChI is InChI=1S/C14H8BF5/c1-5-3-8(16)10(14(20)12(5)18)7-4-9(17)11(15)13(19)6(7)2/h3-4H,1-2H3. The Labute approximate surface area is 113 Å². The summed E-state index contributed by atoms with van der Waals surface area (Å²) in [6, 6.07) is 1.45. The monoisotopic (exact) mass is 282 g/mol. The van der Waals surface area contributed by atoms with Gasteiger partial charge < -0.3 is 0 Å². The van der Waals surface area contributed by atoms with Crippen molar-refractivity contribution in [3.8, 4) is 11.1 Å². The zero-order valence-electron chi connectivity index (χ0n) is 10.6. The molecule has 2 aromatic rings. The molecule has 0 aliphatic heterocycles. The zero-order chi connectivity index (χ0) is 15.2. The second-order valence-corrected chi connectivity index (χ2v) is 4.44. The summed E-state index contributed by atoms with van der Waals surface area (Å²) in [5.74, 6) is -6.15. The Balaban J connectivity index is 2.86. The minimum Gasteiger partial charge on any atom is -0.208 e. The fourth-order valence-electron chi connectivity index (χ4n) is 1.96. The molecular weight excluding hydrogens is 274 g/mol. The van der Waals surface area contributed by atoms with Crippen LogP contribution >= 0.6 is 0 Å². The number of rotatable bonds is 1. The number of hydrogen-bond donors (Lipinski definition) is 0. The Hall–Kier alpha value is -1.85. The molecule has 0 bridgehead atoms. The number of aryl methyl sites for hydroxylation is 1. The van der Waals surface area contributed by atoms with Crippen LogP contribution in [0.1, 0.15) is 11.1 Å². The maximum atomic E-state index is 13.9. The first kappa shape index (κ1) is 14.6. The second kappa shape index (κ2) is 4.92. The van der Waals surface area contributed by atoms with Crippen LogP contribution in [0.5, 0.6) is 0 Å². The van der Waals surface area contributed by atoms with Crippen LogP contribution in [0.3, 0.4) is 0 Å². The van der Waals surface area contributed by atoms with Crippen molar-refractivity contribution in [2.45, 2.75) is 13.8 Å². The molecule has 0 nitrogen and oxygen atoms in total. The lowest BCUT2D eigenvalue weighted by Gasteiger charge is -2.13. The van der Waals surface area contributed by atoms with Crippen LogP contribution in [0.2, 0.25) is 0 Å². The highest BCUT2D eigenvalue weighted by Gasteiger charge is 2.22. The summed E-state index contributed by atoms with van der Waals surface area (Å²) < 4.78 is 68.3. The fraction of sp³-hybridized carbons (Fsp3) is 0.143. The molecule has 0 aliphatic rings. The molecule has 2 aromatic carbocycles. The first-order valence-corrected chi connectivity index (χ1v) is 5.64. The van der Waals surface area contributed by atoms with E-state index >= 15 is 0 Å². The predicted octanol–water partition coefficient (Wildman–Crippen LogP) is 3.46. The van der Waals surface area contributed by atoms with E-state index in [4.69, 9.17) is 7.85 Å². The van der Waals surface area contributed by atoms with E-state index in [2.05, 4.69) is 0 Å². The molecule has 0 N–H and O–H groups in total. The van der Waals surface area contributed by atoms with Gasteiger partial charge in [0, 0.05) is 0 Å². The molecule has 0 unspecified atom stereocenters. The van der Waals surface area contributed by atoms with Crippen molar-refractivity contribution in [1.29, 1.82) is 0 Å². The summed E-state index contributed by atoms with van der Waals surface area (Å²) >= 11 is 0. The smallest absolute Gasteiger partial charge is 0.169 e. The van der Waals surface area contributed by atoms with Crippen LogP contribution in [0, 0.1) is 42.9 Å². The van der Waals surface area contributed by atoms with Gasteiger partial charge in [-0.25, -0.2) is 22.0 Å². The van der Waals surface area contributed by atoms with Gasteiger partial charge in [-0.3, -0.25) is 0 Å². The summed E-state index contributed by atoms with van der Waals surface area (Å²) in [5, 5.41) is 0. The molecule has 2 rings (SSSR count). The molecule has 2 radical (unpaired) electrons. The van der Waals surface area contributed by atoms with Crippen LogP contribution in [0.25, 0.3) is 11.1 Å². The van der Waals surface area contributed by atoms with E-state index in [0.29, 0.717) is 6.07 Å². The van der Waals surface area contributed by atoms with E-state index in [1.54, 1.807) is 0 Å². The molecule has 20 heavy (non-hydrogen) atoms. The first-order chi connectivity index (χ1) is 9.25. The highest BCUT2D eigenvalue weighted by molar-refractivity contribution is 6.32. The molecule has 0 spiro atoms. The average Bonchev–Trinajstić information content (AvgIpc) is 2.39. The van der Waals surface area contributed by atoms with Crippen LogP contribution < -0.4 is 5.46 Å². The zero-order valence-corrected chi connectivity index (χ0v) is 10.6. The maximum Gasteiger partial charge on any atom is 0.169 e. The van der Waals surface area contributed by atoms with Crippen LogP contribution in [-0.2, 0) is 0 Å². The van der Waals surface area contributed by atoms with E-state index < -0.39 is 45.7 Å². The van der Waals surface area contributed by atoms with Gasteiger partial charge >= 0.3 is 0 Å². The molecule has 0 amide bonds. The molecule has 0 saturated heterocycles. The highest BCUT2D eigenvalue weighted by atomic mass is 19.2. The SMILES string of the molecule is [B]c1c(F)cc(-c2c(F)cc(C)c(F)c2F)c(C)c1F. The molecular formula is C14H8BF5. The van der Waals surface area contributed by atoms with Crippen LogP contribution in [-0.4, -0.2) is 7.85 Å². The topological polar surface area (TPSA) is 0 Å². The first-order valence-electron chi connectivity index (χ1n) is 5.64. The molecule has 0 fully saturated rings.